The summed E-state index contributed by atoms with van der Waals surface area (Å²) in [4.78, 5) is 11.2. The first-order valence-corrected chi connectivity index (χ1v) is 10.4. The zero-order valence-electron chi connectivity index (χ0n) is 16.2. The molecular weight excluding hydrogens is 437 g/mol. The van der Waals surface area contributed by atoms with E-state index < -0.39 is 0 Å². The lowest BCUT2D eigenvalue weighted by atomic mass is 10.1. The Morgan fingerprint density at radius 2 is 2.10 bits per heavy atom. The van der Waals surface area contributed by atoms with E-state index in [2.05, 4.69) is 53.6 Å². The van der Waals surface area contributed by atoms with Crippen molar-refractivity contribution < 1.29 is 4.39 Å². The molecule has 7 nitrogen and oxygen atoms in total. The lowest BCUT2D eigenvalue weighted by Gasteiger charge is -2.16. The highest BCUT2D eigenvalue weighted by Gasteiger charge is 2.26. The van der Waals surface area contributed by atoms with Gasteiger partial charge >= 0.3 is 0 Å². The Morgan fingerprint density at radius 1 is 1.28 bits per heavy atom. The van der Waals surface area contributed by atoms with Gasteiger partial charge < -0.3 is 15.2 Å². The number of hydrogen-bond acceptors (Lipinski definition) is 5. The van der Waals surface area contributed by atoms with E-state index in [4.69, 9.17) is 5.73 Å². The number of benzene rings is 1. The molecule has 1 aromatic carbocycles. The van der Waals surface area contributed by atoms with Crippen molar-refractivity contribution in [2.75, 3.05) is 25.4 Å². The summed E-state index contributed by atoms with van der Waals surface area (Å²) in [6.07, 6.45) is 4.91. The molecule has 0 bridgehead atoms. The highest BCUT2D eigenvalue weighted by atomic mass is 79.9. The van der Waals surface area contributed by atoms with Gasteiger partial charge in [-0.1, -0.05) is 6.92 Å². The third-order valence-corrected chi connectivity index (χ3v) is 6.32. The van der Waals surface area contributed by atoms with Gasteiger partial charge in [-0.05, 0) is 41.0 Å². The number of aryl methyl sites for hydroxylation is 1. The standard InChI is InChI=1S/C20H21BrFN7/c1-3-28-5-4-11(8-28)29-9-13(12-6-14(21)15(22)7-17(12)29)18-19-16(10-27(2)26-19)24-20(23)25-18/h6-7,9-11H,3-5,8H2,1-2H3,(H2,23,24). The Hall–Kier alpha value is -2.52. The molecule has 1 fully saturated rings. The number of fused-ring (bicyclic) bond motifs is 2. The number of likely N-dealkylation sites (N-methyl/N-ethyl adjacent to an activating group) is 1. The monoisotopic (exact) mass is 457 g/mol. The molecule has 0 radical (unpaired) electrons. The average molecular weight is 458 g/mol. The first-order valence-electron chi connectivity index (χ1n) is 9.63. The van der Waals surface area contributed by atoms with Crippen LogP contribution in [-0.4, -0.2) is 48.8 Å². The van der Waals surface area contributed by atoms with Gasteiger partial charge in [-0.3, -0.25) is 4.68 Å². The summed E-state index contributed by atoms with van der Waals surface area (Å²) >= 11 is 3.34. The SMILES string of the molecule is CCN1CCC(n2cc(-c3nc(N)nc4cn(C)nc34)c3cc(Br)c(F)cc32)C1. The number of nitrogens with two attached hydrogens (primary N) is 1. The highest BCUT2D eigenvalue weighted by Crippen LogP contribution is 2.38. The van der Waals surface area contributed by atoms with E-state index >= 15 is 0 Å². The van der Waals surface area contributed by atoms with Gasteiger partial charge in [0.05, 0.1) is 16.2 Å². The minimum atomic E-state index is -0.279. The van der Waals surface area contributed by atoms with Crippen molar-refractivity contribution in [3.05, 3.63) is 34.8 Å². The Labute approximate surface area is 175 Å². The van der Waals surface area contributed by atoms with E-state index in [0.717, 1.165) is 42.5 Å². The Balaban J connectivity index is 1.78. The zero-order chi connectivity index (χ0) is 20.3. The highest BCUT2D eigenvalue weighted by molar-refractivity contribution is 9.10. The number of rotatable bonds is 3. The van der Waals surface area contributed by atoms with Gasteiger partial charge in [0.25, 0.3) is 0 Å². The van der Waals surface area contributed by atoms with Crippen LogP contribution in [-0.2, 0) is 7.05 Å². The van der Waals surface area contributed by atoms with Crippen molar-refractivity contribution in [1.29, 1.82) is 0 Å². The van der Waals surface area contributed by atoms with Crippen LogP contribution in [0.3, 0.4) is 0 Å². The van der Waals surface area contributed by atoms with E-state index in [1.54, 1.807) is 10.7 Å². The van der Waals surface area contributed by atoms with Gasteiger partial charge in [0, 0.05) is 43.3 Å². The molecule has 29 heavy (non-hydrogen) atoms. The molecule has 0 spiro atoms. The number of aromatic nitrogens is 5. The maximum atomic E-state index is 14.5. The lowest BCUT2D eigenvalue weighted by molar-refractivity contribution is 0.343. The number of hydrogen-bond donors (Lipinski definition) is 1. The fourth-order valence-corrected chi connectivity index (χ4v) is 4.63. The molecule has 1 saturated heterocycles. The third-order valence-electron chi connectivity index (χ3n) is 5.71. The minimum absolute atomic E-state index is 0.195. The van der Waals surface area contributed by atoms with E-state index in [-0.39, 0.29) is 17.8 Å². The molecule has 0 amide bonds. The smallest absolute Gasteiger partial charge is 0.221 e. The fourth-order valence-electron chi connectivity index (χ4n) is 4.29. The molecule has 4 aromatic rings. The van der Waals surface area contributed by atoms with Crippen LogP contribution >= 0.6 is 15.9 Å². The topological polar surface area (TPSA) is 77.8 Å². The molecular formula is C20H21BrFN7. The second kappa shape index (κ2) is 6.77. The molecule has 150 valence electrons. The summed E-state index contributed by atoms with van der Waals surface area (Å²) in [6, 6.07) is 3.69. The molecule has 0 aliphatic carbocycles. The van der Waals surface area contributed by atoms with E-state index in [0.29, 0.717) is 21.2 Å². The maximum Gasteiger partial charge on any atom is 0.221 e. The predicted molar refractivity (Wildman–Crippen MR) is 115 cm³/mol. The number of halogens is 2. The second-order valence-corrected chi connectivity index (χ2v) is 8.39. The van der Waals surface area contributed by atoms with E-state index in [1.165, 1.54) is 0 Å². The van der Waals surface area contributed by atoms with Crippen LogP contribution in [0.2, 0.25) is 0 Å². The summed E-state index contributed by atoms with van der Waals surface area (Å²) < 4.78 is 18.8. The van der Waals surface area contributed by atoms with Crippen LogP contribution in [0.25, 0.3) is 33.2 Å². The first kappa shape index (κ1) is 18.5. The van der Waals surface area contributed by atoms with E-state index in [1.807, 2.05) is 19.3 Å². The molecule has 0 saturated carbocycles. The molecule has 1 atom stereocenters. The first-order chi connectivity index (χ1) is 13.9. The summed E-state index contributed by atoms with van der Waals surface area (Å²) in [5.41, 5.74) is 9.77. The van der Waals surface area contributed by atoms with Crippen LogP contribution in [0.15, 0.2) is 29.0 Å². The van der Waals surface area contributed by atoms with Crippen molar-refractivity contribution in [2.24, 2.45) is 7.05 Å². The molecule has 4 heterocycles. The third kappa shape index (κ3) is 3.00. The zero-order valence-corrected chi connectivity index (χ0v) is 17.8. The molecule has 9 heteroatoms. The number of nitrogens with zero attached hydrogens (tertiary/aromatic N) is 6. The lowest BCUT2D eigenvalue weighted by Crippen LogP contribution is -2.20. The number of anilines is 1. The molecule has 1 unspecified atom stereocenters. The molecule has 5 rings (SSSR count). The largest absolute Gasteiger partial charge is 0.368 e. The Morgan fingerprint density at radius 3 is 2.86 bits per heavy atom. The predicted octanol–water partition coefficient (Wildman–Crippen LogP) is 3.74. The van der Waals surface area contributed by atoms with Crippen molar-refractivity contribution in [3.8, 4) is 11.3 Å². The molecule has 3 aromatic heterocycles. The van der Waals surface area contributed by atoms with Crippen LogP contribution in [0.1, 0.15) is 19.4 Å². The van der Waals surface area contributed by atoms with Crippen molar-refractivity contribution in [3.63, 3.8) is 0 Å². The average Bonchev–Trinajstić information content (AvgIpc) is 3.38. The van der Waals surface area contributed by atoms with Gasteiger partial charge in [0.2, 0.25) is 5.95 Å². The normalized spacial score (nSPS) is 17.7. The molecule has 2 N–H and O–H groups in total. The van der Waals surface area contributed by atoms with Gasteiger partial charge in [0.15, 0.2) is 0 Å². The van der Waals surface area contributed by atoms with Crippen molar-refractivity contribution in [2.45, 2.75) is 19.4 Å². The number of likely N-dealkylation sites (tertiary alicyclic amines) is 1. The summed E-state index contributed by atoms with van der Waals surface area (Å²) in [5.74, 6) is -0.0838. The Kier molecular flexibility index (Phi) is 4.32. The maximum absolute atomic E-state index is 14.5. The minimum Gasteiger partial charge on any atom is -0.368 e. The quantitative estimate of drug-likeness (QED) is 0.506. The second-order valence-electron chi connectivity index (χ2n) is 7.54. The summed E-state index contributed by atoms with van der Waals surface area (Å²) in [5, 5.41) is 5.46. The van der Waals surface area contributed by atoms with Crippen molar-refractivity contribution in [1.82, 2.24) is 29.2 Å². The van der Waals surface area contributed by atoms with Crippen LogP contribution in [0.5, 0.6) is 0 Å². The fraction of sp³-hybridized carbons (Fsp3) is 0.350. The van der Waals surface area contributed by atoms with Gasteiger partial charge in [-0.15, -0.1) is 0 Å². The molecule has 1 aliphatic heterocycles. The van der Waals surface area contributed by atoms with Gasteiger partial charge in [-0.25, -0.2) is 14.4 Å². The van der Waals surface area contributed by atoms with Gasteiger partial charge in [0.1, 0.15) is 22.5 Å². The Bertz CT molecular complexity index is 1250. The molecule has 1 aliphatic rings. The summed E-state index contributed by atoms with van der Waals surface area (Å²) in [7, 11) is 1.84. The number of nitrogen functional groups attached to an aromatic ring is 1. The van der Waals surface area contributed by atoms with Crippen molar-refractivity contribution >= 4 is 43.8 Å². The van der Waals surface area contributed by atoms with Crippen LogP contribution in [0.4, 0.5) is 10.3 Å². The van der Waals surface area contributed by atoms with Gasteiger partial charge in [-0.2, -0.15) is 5.10 Å². The van der Waals surface area contributed by atoms with Crippen LogP contribution in [0, 0.1) is 5.82 Å². The summed E-state index contributed by atoms with van der Waals surface area (Å²) in [6.45, 7) is 5.17. The van der Waals surface area contributed by atoms with Crippen LogP contribution < -0.4 is 5.73 Å². The van der Waals surface area contributed by atoms with E-state index in [9.17, 15) is 4.39 Å².